The van der Waals surface area contributed by atoms with Crippen molar-refractivity contribution in [3.05, 3.63) is 72.8 Å². The van der Waals surface area contributed by atoms with E-state index in [4.69, 9.17) is 9.47 Å². The molecule has 1 N–H and O–H groups in total. The summed E-state index contributed by atoms with van der Waals surface area (Å²) in [6, 6.07) is 21.7. The van der Waals surface area contributed by atoms with Crippen LogP contribution in [0.3, 0.4) is 0 Å². The van der Waals surface area contributed by atoms with Gasteiger partial charge in [-0.25, -0.2) is 8.42 Å². The normalized spacial score (nSPS) is 13.1. The van der Waals surface area contributed by atoms with Gasteiger partial charge in [-0.1, -0.05) is 42.5 Å². The van der Waals surface area contributed by atoms with Crippen LogP contribution in [0.15, 0.2) is 77.7 Å². The highest BCUT2D eigenvalue weighted by molar-refractivity contribution is 7.89. The van der Waals surface area contributed by atoms with Crippen LogP contribution in [-0.2, 0) is 14.8 Å². The van der Waals surface area contributed by atoms with E-state index in [2.05, 4.69) is 5.32 Å². The summed E-state index contributed by atoms with van der Waals surface area (Å²) in [7, 11) is -2.50. The number of fused-ring (bicyclic) bond motifs is 1. The Hall–Kier alpha value is -3.36. The van der Waals surface area contributed by atoms with Crippen LogP contribution in [0.25, 0.3) is 11.1 Å². The predicted molar refractivity (Wildman–Crippen MR) is 118 cm³/mol. The van der Waals surface area contributed by atoms with Gasteiger partial charge in [-0.2, -0.15) is 4.31 Å². The van der Waals surface area contributed by atoms with Crippen molar-refractivity contribution < 1.29 is 22.7 Å². The quantitative estimate of drug-likeness (QED) is 0.638. The zero-order valence-electron chi connectivity index (χ0n) is 16.9. The molecule has 0 spiro atoms. The highest BCUT2D eigenvalue weighted by atomic mass is 32.2. The smallest absolute Gasteiger partial charge is 0.243 e. The topological polar surface area (TPSA) is 84.9 Å². The molecule has 3 aromatic rings. The molecule has 160 valence electrons. The highest BCUT2D eigenvalue weighted by Crippen LogP contribution is 2.33. The summed E-state index contributed by atoms with van der Waals surface area (Å²) in [5, 5.41) is 2.74. The molecule has 4 rings (SSSR count). The van der Waals surface area contributed by atoms with E-state index in [0.29, 0.717) is 30.4 Å². The molecule has 0 unspecified atom stereocenters. The van der Waals surface area contributed by atoms with Crippen LogP contribution in [0.2, 0.25) is 0 Å². The second kappa shape index (κ2) is 8.79. The molecule has 31 heavy (non-hydrogen) atoms. The van der Waals surface area contributed by atoms with Gasteiger partial charge in [0.2, 0.25) is 15.9 Å². The minimum atomic E-state index is -3.87. The number of hydrogen-bond donors (Lipinski definition) is 1. The molecule has 0 aliphatic carbocycles. The Morgan fingerprint density at radius 1 is 0.903 bits per heavy atom. The standard InChI is InChI=1S/C23H22N2O5S/c1-25(31(27,28)20-11-12-21-22(15-20)30-14-13-29-21)16-23(26)24-19-9-7-18(8-10-19)17-5-3-2-4-6-17/h2-12,15H,13-14,16H2,1H3,(H,24,26). The lowest BCUT2D eigenvalue weighted by Crippen LogP contribution is -2.35. The zero-order valence-corrected chi connectivity index (χ0v) is 17.8. The van der Waals surface area contributed by atoms with E-state index in [0.717, 1.165) is 15.4 Å². The minimum Gasteiger partial charge on any atom is -0.486 e. The lowest BCUT2D eigenvalue weighted by molar-refractivity contribution is -0.116. The molecule has 1 heterocycles. The maximum atomic E-state index is 12.9. The van der Waals surface area contributed by atoms with Crippen molar-refractivity contribution in [2.45, 2.75) is 4.90 Å². The monoisotopic (exact) mass is 438 g/mol. The average molecular weight is 439 g/mol. The number of rotatable bonds is 6. The SMILES string of the molecule is CN(CC(=O)Nc1ccc(-c2ccccc2)cc1)S(=O)(=O)c1ccc2c(c1)OCCO2. The molecule has 1 aliphatic heterocycles. The van der Waals surface area contributed by atoms with Crippen molar-refractivity contribution >= 4 is 21.6 Å². The average Bonchev–Trinajstić information content (AvgIpc) is 2.79. The third-order valence-corrected chi connectivity index (χ3v) is 6.66. The van der Waals surface area contributed by atoms with Gasteiger partial charge in [0.15, 0.2) is 11.5 Å². The first-order chi connectivity index (χ1) is 14.9. The van der Waals surface area contributed by atoms with Crippen molar-refractivity contribution in [2.24, 2.45) is 0 Å². The highest BCUT2D eigenvalue weighted by Gasteiger charge is 2.25. The molecule has 0 aromatic heterocycles. The summed E-state index contributed by atoms with van der Waals surface area (Å²) in [6.45, 7) is 0.459. The van der Waals surface area contributed by atoms with Gasteiger partial charge in [-0.15, -0.1) is 0 Å². The molecule has 0 atom stereocenters. The van der Waals surface area contributed by atoms with Gasteiger partial charge in [-0.05, 0) is 35.4 Å². The fourth-order valence-corrected chi connectivity index (χ4v) is 4.37. The third-order valence-electron chi connectivity index (χ3n) is 4.86. The van der Waals surface area contributed by atoms with Crippen molar-refractivity contribution in [1.29, 1.82) is 0 Å². The van der Waals surface area contributed by atoms with Gasteiger partial charge in [0.05, 0.1) is 11.4 Å². The summed E-state index contributed by atoms with van der Waals surface area (Å²) in [6.07, 6.45) is 0. The van der Waals surface area contributed by atoms with E-state index < -0.39 is 15.9 Å². The Labute approximate surface area is 181 Å². The molecule has 0 bridgehead atoms. The maximum Gasteiger partial charge on any atom is 0.243 e. The second-order valence-corrected chi connectivity index (χ2v) is 9.10. The van der Waals surface area contributed by atoms with Crippen LogP contribution in [0.4, 0.5) is 5.69 Å². The van der Waals surface area contributed by atoms with E-state index >= 15 is 0 Å². The van der Waals surface area contributed by atoms with Crippen LogP contribution in [-0.4, -0.2) is 45.4 Å². The number of sulfonamides is 1. The molecule has 3 aromatic carbocycles. The first-order valence-corrected chi connectivity index (χ1v) is 11.2. The van der Waals surface area contributed by atoms with Gasteiger partial charge >= 0.3 is 0 Å². The Kier molecular flexibility index (Phi) is 5.92. The number of likely N-dealkylation sites (N-methyl/N-ethyl adjacent to an activating group) is 1. The molecule has 8 heteroatoms. The van der Waals surface area contributed by atoms with Gasteiger partial charge in [0.25, 0.3) is 0 Å². The van der Waals surface area contributed by atoms with Crippen LogP contribution in [0.1, 0.15) is 0 Å². The molecular formula is C23H22N2O5S. The lowest BCUT2D eigenvalue weighted by atomic mass is 10.1. The molecule has 0 radical (unpaired) electrons. The minimum absolute atomic E-state index is 0.0410. The first kappa shape index (κ1) is 20.9. The Bertz CT molecular complexity index is 1180. The number of nitrogens with zero attached hydrogens (tertiary/aromatic N) is 1. The summed E-state index contributed by atoms with van der Waals surface area (Å²) in [4.78, 5) is 12.5. The Morgan fingerprint density at radius 2 is 1.55 bits per heavy atom. The van der Waals surface area contributed by atoms with Crippen molar-refractivity contribution in [2.75, 3.05) is 32.1 Å². The molecule has 0 saturated carbocycles. The van der Waals surface area contributed by atoms with Gasteiger partial charge < -0.3 is 14.8 Å². The number of hydrogen-bond acceptors (Lipinski definition) is 5. The summed E-state index contributed by atoms with van der Waals surface area (Å²) in [5.74, 6) is 0.448. The van der Waals surface area contributed by atoms with Gasteiger partial charge in [-0.3, -0.25) is 4.79 Å². The van der Waals surface area contributed by atoms with Gasteiger partial charge in [0.1, 0.15) is 13.2 Å². The lowest BCUT2D eigenvalue weighted by Gasteiger charge is -2.21. The largest absolute Gasteiger partial charge is 0.486 e. The predicted octanol–water partition coefficient (Wildman–Crippen LogP) is 3.38. The van der Waals surface area contributed by atoms with E-state index in [9.17, 15) is 13.2 Å². The van der Waals surface area contributed by atoms with Crippen LogP contribution in [0, 0.1) is 0 Å². The Balaban J connectivity index is 1.41. The number of nitrogens with one attached hydrogen (secondary N) is 1. The molecule has 1 aliphatic rings. The van der Waals surface area contributed by atoms with Crippen molar-refractivity contribution in [3.8, 4) is 22.6 Å². The number of benzene rings is 3. The van der Waals surface area contributed by atoms with Crippen molar-refractivity contribution in [1.82, 2.24) is 4.31 Å². The number of anilines is 1. The van der Waals surface area contributed by atoms with E-state index in [-0.39, 0.29) is 11.4 Å². The fourth-order valence-electron chi connectivity index (χ4n) is 3.23. The summed E-state index contributed by atoms with van der Waals surface area (Å²) in [5.41, 5.74) is 2.69. The molecule has 0 fully saturated rings. The third kappa shape index (κ3) is 4.70. The molecule has 1 amide bonds. The Morgan fingerprint density at radius 3 is 2.26 bits per heavy atom. The van der Waals surface area contributed by atoms with E-state index in [1.807, 2.05) is 42.5 Å². The summed E-state index contributed by atoms with van der Waals surface area (Å²) < 4.78 is 37.6. The van der Waals surface area contributed by atoms with E-state index in [1.54, 1.807) is 18.2 Å². The molecular weight excluding hydrogens is 416 g/mol. The first-order valence-electron chi connectivity index (χ1n) is 9.75. The van der Waals surface area contributed by atoms with Crippen LogP contribution < -0.4 is 14.8 Å². The van der Waals surface area contributed by atoms with E-state index in [1.165, 1.54) is 19.2 Å². The molecule has 7 nitrogen and oxygen atoms in total. The van der Waals surface area contributed by atoms with Crippen LogP contribution >= 0.6 is 0 Å². The number of ether oxygens (including phenoxy) is 2. The number of carbonyl (C=O) groups excluding carboxylic acids is 1. The summed E-state index contributed by atoms with van der Waals surface area (Å²) >= 11 is 0. The van der Waals surface area contributed by atoms with Crippen molar-refractivity contribution in [3.63, 3.8) is 0 Å². The molecule has 0 saturated heterocycles. The second-order valence-electron chi connectivity index (χ2n) is 7.06. The van der Waals surface area contributed by atoms with Gasteiger partial charge in [0, 0.05) is 18.8 Å². The number of carbonyl (C=O) groups is 1. The zero-order chi connectivity index (χ0) is 21.8. The maximum absolute atomic E-state index is 12.9. The van der Waals surface area contributed by atoms with Crippen LogP contribution in [0.5, 0.6) is 11.5 Å². The fraction of sp³-hybridized carbons (Fsp3) is 0.174. The number of amides is 1.